The maximum absolute atomic E-state index is 12.8. The van der Waals surface area contributed by atoms with Crippen LogP contribution in [0, 0.1) is 0 Å². The maximum atomic E-state index is 12.8. The number of carboxylic acids is 1. The lowest BCUT2D eigenvalue weighted by molar-refractivity contribution is -0.148. The highest BCUT2D eigenvalue weighted by atomic mass is 79.9. The molecule has 2 atom stereocenters. The summed E-state index contributed by atoms with van der Waals surface area (Å²) in [6, 6.07) is 16.1. The van der Waals surface area contributed by atoms with E-state index in [0.717, 1.165) is 22.0 Å². The highest BCUT2D eigenvalue weighted by Gasteiger charge is 2.36. The van der Waals surface area contributed by atoms with Crippen LogP contribution >= 0.6 is 27.7 Å². The molecule has 0 aliphatic carbocycles. The molecule has 0 saturated carbocycles. The summed E-state index contributed by atoms with van der Waals surface area (Å²) in [5.41, 5.74) is 3.48. The van der Waals surface area contributed by atoms with Crippen molar-refractivity contribution in [2.45, 2.75) is 36.5 Å². The van der Waals surface area contributed by atoms with Gasteiger partial charge in [0.15, 0.2) is 6.04 Å². The van der Waals surface area contributed by atoms with Gasteiger partial charge >= 0.3 is 11.9 Å². The van der Waals surface area contributed by atoms with Crippen LogP contribution < -0.4 is 10.6 Å². The van der Waals surface area contributed by atoms with Gasteiger partial charge in [0.25, 0.3) is 0 Å². The third-order valence-electron chi connectivity index (χ3n) is 5.38. The Morgan fingerprint density at radius 1 is 1.14 bits per heavy atom. The van der Waals surface area contributed by atoms with Crippen molar-refractivity contribution < 1.29 is 24.2 Å². The molecule has 2 aromatic carbocycles. The SMILES string of the molecule is CCCOC(=O)C(NC(=O)Cc1ccccc1)C1NC(C(=O)O)=C(/C=C/c2ccc(CBr)cc2)CS1. The number of hydrogen-bond donors (Lipinski definition) is 3. The summed E-state index contributed by atoms with van der Waals surface area (Å²) < 4.78 is 5.32. The van der Waals surface area contributed by atoms with Gasteiger partial charge in [-0.1, -0.05) is 89.6 Å². The lowest BCUT2D eigenvalue weighted by Gasteiger charge is -2.31. The fourth-order valence-corrected chi connectivity index (χ4v) is 5.06. The summed E-state index contributed by atoms with van der Waals surface area (Å²) in [6.45, 7) is 2.09. The largest absolute Gasteiger partial charge is 0.477 e. The second kappa shape index (κ2) is 13.9. The summed E-state index contributed by atoms with van der Waals surface area (Å²) >= 11 is 4.77. The zero-order valence-electron chi connectivity index (χ0n) is 19.9. The first-order valence-corrected chi connectivity index (χ1v) is 13.8. The van der Waals surface area contributed by atoms with Crippen LogP contribution in [-0.4, -0.2) is 46.7 Å². The van der Waals surface area contributed by atoms with Gasteiger partial charge in [0, 0.05) is 11.1 Å². The number of nitrogens with one attached hydrogen (secondary N) is 2. The molecule has 0 fully saturated rings. The third-order valence-corrected chi connectivity index (χ3v) is 7.25. The van der Waals surface area contributed by atoms with Crippen molar-refractivity contribution >= 4 is 51.6 Å². The van der Waals surface area contributed by atoms with Crippen LogP contribution in [-0.2, 0) is 30.9 Å². The van der Waals surface area contributed by atoms with Crippen LogP contribution in [0.3, 0.4) is 0 Å². The predicted molar refractivity (Wildman–Crippen MR) is 145 cm³/mol. The first-order chi connectivity index (χ1) is 17.4. The standard InChI is InChI=1S/C27H29BrN2O5S/c1-2-14-35-27(34)24(29-22(31)15-19-6-4-3-5-7-19)25-30-23(26(32)33)21(17-36-25)13-12-18-8-10-20(16-28)11-9-18/h3-13,24-25,30H,2,14-17H2,1H3,(H,29,31)(H,32,33)/b13-12+. The predicted octanol–water partition coefficient (Wildman–Crippen LogP) is 4.28. The van der Waals surface area contributed by atoms with Crippen molar-refractivity contribution in [2.75, 3.05) is 12.4 Å². The third kappa shape index (κ3) is 7.99. The van der Waals surface area contributed by atoms with E-state index < -0.39 is 23.4 Å². The Morgan fingerprint density at radius 2 is 1.86 bits per heavy atom. The number of carbonyl (C=O) groups excluding carboxylic acids is 2. The van der Waals surface area contributed by atoms with E-state index in [4.69, 9.17) is 4.74 Å². The van der Waals surface area contributed by atoms with Crippen molar-refractivity contribution in [2.24, 2.45) is 0 Å². The van der Waals surface area contributed by atoms with Crippen LogP contribution in [0.2, 0.25) is 0 Å². The molecule has 0 saturated heterocycles. The molecule has 1 amide bonds. The van der Waals surface area contributed by atoms with Gasteiger partial charge in [-0.25, -0.2) is 9.59 Å². The Labute approximate surface area is 223 Å². The van der Waals surface area contributed by atoms with E-state index in [1.54, 1.807) is 6.08 Å². The number of allylic oxidation sites excluding steroid dienone is 1. The molecule has 2 unspecified atom stereocenters. The normalized spacial score (nSPS) is 16.3. The van der Waals surface area contributed by atoms with Crippen molar-refractivity contribution in [1.29, 1.82) is 0 Å². The Balaban J connectivity index is 1.77. The van der Waals surface area contributed by atoms with Gasteiger partial charge in [-0.05, 0) is 28.7 Å². The van der Waals surface area contributed by atoms with E-state index in [2.05, 4.69) is 26.6 Å². The van der Waals surface area contributed by atoms with Crippen molar-refractivity contribution in [3.8, 4) is 0 Å². The molecule has 3 rings (SSSR count). The molecule has 0 radical (unpaired) electrons. The lowest BCUT2D eigenvalue weighted by atomic mass is 10.1. The van der Waals surface area contributed by atoms with Gasteiger partial charge in [-0.3, -0.25) is 4.79 Å². The number of rotatable bonds is 11. The van der Waals surface area contributed by atoms with Crippen LogP contribution in [0.4, 0.5) is 0 Å². The molecule has 36 heavy (non-hydrogen) atoms. The first-order valence-electron chi connectivity index (χ1n) is 11.6. The van der Waals surface area contributed by atoms with Gasteiger partial charge in [-0.15, -0.1) is 11.8 Å². The Hall–Kier alpha value is -3.04. The van der Waals surface area contributed by atoms with E-state index in [9.17, 15) is 19.5 Å². The highest BCUT2D eigenvalue weighted by molar-refractivity contribution is 9.08. The quantitative estimate of drug-likeness (QED) is 0.272. The topological polar surface area (TPSA) is 105 Å². The zero-order chi connectivity index (χ0) is 25.9. The number of aliphatic carboxylic acids is 1. The van der Waals surface area contributed by atoms with Crippen LogP contribution in [0.5, 0.6) is 0 Å². The van der Waals surface area contributed by atoms with Crippen LogP contribution in [0.25, 0.3) is 6.08 Å². The fourth-order valence-electron chi connectivity index (χ4n) is 3.51. The molecule has 3 N–H and O–H groups in total. The Kier molecular flexibility index (Phi) is 10.6. The molecule has 9 heteroatoms. The number of benzene rings is 2. The molecular formula is C27H29BrN2O5S. The minimum absolute atomic E-state index is 0.00215. The van der Waals surface area contributed by atoms with E-state index in [0.29, 0.717) is 17.7 Å². The molecule has 1 aliphatic rings. The van der Waals surface area contributed by atoms with Crippen molar-refractivity contribution in [3.05, 3.63) is 88.6 Å². The fraction of sp³-hybridized carbons (Fsp3) is 0.296. The van der Waals surface area contributed by atoms with Crippen LogP contribution in [0.15, 0.2) is 71.9 Å². The number of halogens is 1. The zero-order valence-corrected chi connectivity index (χ0v) is 22.3. The Bertz CT molecular complexity index is 1120. The number of amides is 1. The molecule has 0 aromatic heterocycles. The van der Waals surface area contributed by atoms with Crippen molar-refractivity contribution in [3.63, 3.8) is 0 Å². The number of alkyl halides is 1. The molecule has 0 bridgehead atoms. The molecular weight excluding hydrogens is 544 g/mol. The van der Waals surface area contributed by atoms with Crippen molar-refractivity contribution in [1.82, 2.24) is 10.6 Å². The Morgan fingerprint density at radius 3 is 2.50 bits per heavy atom. The molecule has 7 nitrogen and oxygen atoms in total. The molecule has 1 aliphatic heterocycles. The second-order valence-corrected chi connectivity index (χ2v) is 9.86. The maximum Gasteiger partial charge on any atom is 0.352 e. The molecule has 2 aromatic rings. The van der Waals surface area contributed by atoms with Gasteiger partial charge < -0.3 is 20.5 Å². The van der Waals surface area contributed by atoms with E-state index >= 15 is 0 Å². The number of hydrogen-bond acceptors (Lipinski definition) is 6. The number of thioether (sulfide) groups is 1. The average molecular weight is 574 g/mol. The number of ether oxygens (including phenoxy) is 1. The smallest absolute Gasteiger partial charge is 0.352 e. The van der Waals surface area contributed by atoms with Gasteiger partial charge in [-0.2, -0.15) is 0 Å². The molecule has 190 valence electrons. The highest BCUT2D eigenvalue weighted by Crippen LogP contribution is 2.27. The summed E-state index contributed by atoms with van der Waals surface area (Å²) in [5, 5.41) is 15.6. The second-order valence-electron chi connectivity index (χ2n) is 8.16. The van der Waals surface area contributed by atoms with Gasteiger partial charge in [0.1, 0.15) is 11.1 Å². The first kappa shape index (κ1) is 27.5. The lowest BCUT2D eigenvalue weighted by Crippen LogP contribution is -2.55. The molecule has 0 spiro atoms. The molecule has 1 heterocycles. The van der Waals surface area contributed by atoms with Gasteiger partial charge in [0.2, 0.25) is 5.91 Å². The minimum atomic E-state index is -1.13. The van der Waals surface area contributed by atoms with E-state index in [1.807, 2.05) is 67.6 Å². The number of carboxylic acid groups (broad SMARTS) is 1. The number of carbonyl (C=O) groups is 3. The summed E-state index contributed by atoms with van der Waals surface area (Å²) in [7, 11) is 0. The van der Waals surface area contributed by atoms with E-state index in [-0.39, 0.29) is 24.6 Å². The van der Waals surface area contributed by atoms with Crippen LogP contribution in [0.1, 0.15) is 30.0 Å². The number of esters is 1. The van der Waals surface area contributed by atoms with Gasteiger partial charge in [0.05, 0.1) is 13.0 Å². The summed E-state index contributed by atoms with van der Waals surface area (Å²) in [5.74, 6) is -1.73. The average Bonchev–Trinajstić information content (AvgIpc) is 2.90. The minimum Gasteiger partial charge on any atom is -0.477 e. The monoisotopic (exact) mass is 572 g/mol. The van der Waals surface area contributed by atoms with E-state index in [1.165, 1.54) is 11.8 Å². The summed E-state index contributed by atoms with van der Waals surface area (Å²) in [6.07, 6.45) is 4.35. The summed E-state index contributed by atoms with van der Waals surface area (Å²) in [4.78, 5) is 37.6.